The third kappa shape index (κ3) is 3.00. The minimum absolute atomic E-state index is 0.0537. The molecule has 1 saturated carbocycles. The van der Waals surface area contributed by atoms with Gasteiger partial charge >= 0.3 is 5.97 Å². The number of rotatable bonds is 4. The Kier molecular flexibility index (Phi) is 4.18. The molecule has 1 aliphatic rings. The highest BCUT2D eigenvalue weighted by Gasteiger charge is 2.25. The summed E-state index contributed by atoms with van der Waals surface area (Å²) in [5.41, 5.74) is 0.0537. The van der Waals surface area contributed by atoms with E-state index in [4.69, 9.17) is 9.84 Å². The molecular formula is C14H19NO3. The summed E-state index contributed by atoms with van der Waals surface area (Å²) in [6, 6.07) is 3.18. The van der Waals surface area contributed by atoms with Crippen LogP contribution in [0.2, 0.25) is 0 Å². The van der Waals surface area contributed by atoms with Crippen LogP contribution in [0.1, 0.15) is 49.5 Å². The molecule has 2 unspecified atom stereocenters. The lowest BCUT2D eigenvalue weighted by Crippen LogP contribution is -2.29. The van der Waals surface area contributed by atoms with Gasteiger partial charge in [-0.15, -0.1) is 0 Å². The quantitative estimate of drug-likeness (QED) is 0.890. The second kappa shape index (κ2) is 5.85. The number of carboxylic acids is 1. The minimum Gasteiger partial charge on any atom is -0.489 e. The predicted octanol–water partition coefficient (Wildman–Crippen LogP) is 3.13. The Balaban J connectivity index is 2.01. The van der Waals surface area contributed by atoms with Crippen LogP contribution in [-0.2, 0) is 0 Å². The van der Waals surface area contributed by atoms with E-state index in [2.05, 4.69) is 11.9 Å². The lowest BCUT2D eigenvalue weighted by atomic mass is 9.85. The molecule has 1 fully saturated rings. The van der Waals surface area contributed by atoms with Crippen molar-refractivity contribution in [1.82, 2.24) is 4.98 Å². The van der Waals surface area contributed by atoms with Gasteiger partial charge in [-0.3, -0.25) is 0 Å². The van der Waals surface area contributed by atoms with E-state index in [1.165, 1.54) is 31.5 Å². The highest BCUT2D eigenvalue weighted by Crippen LogP contribution is 2.30. The molecule has 0 aromatic carbocycles. The molecule has 18 heavy (non-hydrogen) atoms. The molecule has 2 rings (SSSR count). The first-order valence-corrected chi connectivity index (χ1v) is 6.56. The van der Waals surface area contributed by atoms with E-state index >= 15 is 0 Å². The Morgan fingerprint density at radius 2 is 2.22 bits per heavy atom. The Bertz CT molecular complexity index is 402. The third-order valence-corrected chi connectivity index (χ3v) is 3.61. The van der Waals surface area contributed by atoms with Gasteiger partial charge in [0, 0.05) is 0 Å². The maximum atomic E-state index is 10.7. The van der Waals surface area contributed by atoms with Crippen LogP contribution in [0.4, 0.5) is 0 Å². The Morgan fingerprint density at radius 3 is 2.83 bits per heavy atom. The van der Waals surface area contributed by atoms with Gasteiger partial charge in [-0.25, -0.2) is 9.78 Å². The number of carbonyl (C=O) groups is 1. The Morgan fingerprint density at radius 1 is 1.44 bits per heavy atom. The first kappa shape index (κ1) is 12.9. The number of nitrogens with zero attached hydrogens (tertiary/aromatic N) is 1. The van der Waals surface area contributed by atoms with Crippen LogP contribution in [0.15, 0.2) is 18.3 Å². The molecule has 1 aromatic heterocycles. The molecule has 1 heterocycles. The van der Waals surface area contributed by atoms with Crippen molar-refractivity contribution in [3.05, 3.63) is 24.0 Å². The van der Waals surface area contributed by atoms with Crippen molar-refractivity contribution in [3.63, 3.8) is 0 Å². The Labute approximate surface area is 107 Å². The fourth-order valence-electron chi connectivity index (χ4n) is 2.55. The van der Waals surface area contributed by atoms with Gasteiger partial charge in [0.2, 0.25) is 0 Å². The van der Waals surface area contributed by atoms with Gasteiger partial charge in [0.05, 0.1) is 6.20 Å². The molecule has 2 atom stereocenters. The van der Waals surface area contributed by atoms with Crippen molar-refractivity contribution in [2.45, 2.75) is 45.1 Å². The van der Waals surface area contributed by atoms with Crippen molar-refractivity contribution in [1.29, 1.82) is 0 Å². The summed E-state index contributed by atoms with van der Waals surface area (Å²) in [6.45, 7) is 2.19. The van der Waals surface area contributed by atoms with Crippen LogP contribution in [0.25, 0.3) is 0 Å². The second-order valence-corrected chi connectivity index (χ2v) is 4.79. The third-order valence-electron chi connectivity index (χ3n) is 3.61. The molecule has 0 amide bonds. The molecule has 98 valence electrons. The fourth-order valence-corrected chi connectivity index (χ4v) is 2.55. The summed E-state index contributed by atoms with van der Waals surface area (Å²) in [6.07, 6.45) is 7.69. The number of hydrogen-bond acceptors (Lipinski definition) is 3. The molecule has 1 aliphatic carbocycles. The maximum absolute atomic E-state index is 10.7. The predicted molar refractivity (Wildman–Crippen MR) is 67.9 cm³/mol. The zero-order valence-electron chi connectivity index (χ0n) is 10.6. The number of ether oxygens (including phenoxy) is 1. The first-order chi connectivity index (χ1) is 8.70. The van der Waals surface area contributed by atoms with E-state index in [-0.39, 0.29) is 11.8 Å². The van der Waals surface area contributed by atoms with Gasteiger partial charge in [-0.1, -0.05) is 13.3 Å². The van der Waals surface area contributed by atoms with Gasteiger partial charge in [0.1, 0.15) is 17.5 Å². The van der Waals surface area contributed by atoms with Gasteiger partial charge < -0.3 is 9.84 Å². The summed E-state index contributed by atoms with van der Waals surface area (Å²) in [5, 5.41) is 8.77. The van der Waals surface area contributed by atoms with Crippen LogP contribution in [0.3, 0.4) is 0 Å². The van der Waals surface area contributed by atoms with E-state index < -0.39 is 5.97 Å². The normalized spacial score (nSPS) is 23.6. The van der Waals surface area contributed by atoms with Crippen LogP contribution in [0, 0.1) is 5.92 Å². The van der Waals surface area contributed by atoms with Crippen LogP contribution < -0.4 is 4.74 Å². The lowest BCUT2D eigenvalue weighted by molar-refractivity contribution is 0.0689. The summed E-state index contributed by atoms with van der Waals surface area (Å²) >= 11 is 0. The van der Waals surface area contributed by atoms with E-state index in [0.29, 0.717) is 11.7 Å². The molecule has 0 saturated heterocycles. The topological polar surface area (TPSA) is 59.4 Å². The monoisotopic (exact) mass is 249 g/mol. The summed E-state index contributed by atoms with van der Waals surface area (Å²) in [5.74, 6) is 0.272. The van der Waals surface area contributed by atoms with Crippen molar-refractivity contribution in [2.24, 2.45) is 5.92 Å². The van der Waals surface area contributed by atoms with Gasteiger partial charge in [0.15, 0.2) is 0 Å². The minimum atomic E-state index is -1.01. The van der Waals surface area contributed by atoms with Gasteiger partial charge in [-0.05, 0) is 43.7 Å². The highest BCUT2D eigenvalue weighted by molar-refractivity contribution is 5.85. The number of hydrogen-bond donors (Lipinski definition) is 1. The average molecular weight is 249 g/mol. The molecular weight excluding hydrogens is 230 g/mol. The van der Waals surface area contributed by atoms with Crippen LogP contribution in [0.5, 0.6) is 5.75 Å². The fraction of sp³-hybridized carbons (Fsp3) is 0.571. The summed E-state index contributed by atoms with van der Waals surface area (Å²) in [7, 11) is 0. The maximum Gasteiger partial charge on any atom is 0.354 e. The smallest absolute Gasteiger partial charge is 0.354 e. The zero-order valence-corrected chi connectivity index (χ0v) is 10.6. The van der Waals surface area contributed by atoms with Crippen LogP contribution >= 0.6 is 0 Å². The van der Waals surface area contributed by atoms with Gasteiger partial charge in [0.25, 0.3) is 0 Å². The zero-order chi connectivity index (χ0) is 13.0. The van der Waals surface area contributed by atoms with E-state index in [0.717, 1.165) is 12.8 Å². The molecule has 1 N–H and O–H groups in total. The van der Waals surface area contributed by atoms with Gasteiger partial charge in [-0.2, -0.15) is 0 Å². The summed E-state index contributed by atoms with van der Waals surface area (Å²) in [4.78, 5) is 14.6. The van der Waals surface area contributed by atoms with Crippen molar-refractivity contribution in [2.75, 3.05) is 0 Å². The molecule has 4 nitrogen and oxygen atoms in total. The molecule has 0 aliphatic heterocycles. The second-order valence-electron chi connectivity index (χ2n) is 4.79. The average Bonchev–Trinajstić information content (AvgIpc) is 2.40. The number of aromatic nitrogens is 1. The van der Waals surface area contributed by atoms with Crippen LogP contribution in [-0.4, -0.2) is 22.2 Å². The summed E-state index contributed by atoms with van der Waals surface area (Å²) < 4.78 is 5.94. The van der Waals surface area contributed by atoms with Crippen molar-refractivity contribution in [3.8, 4) is 5.75 Å². The largest absolute Gasteiger partial charge is 0.489 e. The van der Waals surface area contributed by atoms with E-state index in [9.17, 15) is 4.79 Å². The molecule has 0 spiro atoms. The first-order valence-electron chi connectivity index (χ1n) is 6.56. The SMILES string of the molecule is CCC1CCCCC1Oc1ccc(C(=O)O)nc1. The van der Waals surface area contributed by atoms with Crippen molar-refractivity contribution < 1.29 is 14.6 Å². The lowest BCUT2D eigenvalue weighted by Gasteiger charge is -2.31. The number of carboxylic acid groups (broad SMARTS) is 1. The molecule has 1 aromatic rings. The van der Waals surface area contributed by atoms with E-state index in [1.807, 2.05) is 0 Å². The number of pyridine rings is 1. The molecule has 0 radical (unpaired) electrons. The molecule has 4 heteroatoms. The Hall–Kier alpha value is -1.58. The molecule has 0 bridgehead atoms. The standard InChI is InChI=1S/C14H19NO3/c1-2-10-5-3-4-6-13(10)18-11-7-8-12(14(16)17)15-9-11/h7-10,13H,2-6H2,1H3,(H,16,17). The van der Waals surface area contributed by atoms with Crippen molar-refractivity contribution >= 4 is 5.97 Å². The number of aromatic carboxylic acids is 1. The highest BCUT2D eigenvalue weighted by atomic mass is 16.5. The van der Waals surface area contributed by atoms with E-state index in [1.54, 1.807) is 6.07 Å².